The lowest BCUT2D eigenvalue weighted by molar-refractivity contribution is -0.216. The molecule has 120 valence electrons. The van der Waals surface area contributed by atoms with E-state index >= 15 is 0 Å². The van der Waals surface area contributed by atoms with Crippen molar-refractivity contribution in [3.05, 3.63) is 23.7 Å². The fourth-order valence-electron chi connectivity index (χ4n) is 2.70. The molecule has 1 aliphatic heterocycles. The molecular formula is C14H18ClN3O4. The Morgan fingerprint density at radius 1 is 1.50 bits per heavy atom. The second kappa shape index (κ2) is 5.75. The molecule has 1 saturated heterocycles. The van der Waals surface area contributed by atoms with Gasteiger partial charge in [-0.3, -0.25) is 0 Å². The van der Waals surface area contributed by atoms with Gasteiger partial charge in [-0.25, -0.2) is 9.97 Å². The van der Waals surface area contributed by atoms with E-state index in [-0.39, 0.29) is 12.8 Å². The van der Waals surface area contributed by atoms with Gasteiger partial charge < -0.3 is 24.3 Å². The molecule has 2 aromatic heterocycles. The minimum absolute atomic E-state index is 0.188. The summed E-state index contributed by atoms with van der Waals surface area (Å²) >= 11 is 6.05. The number of ether oxygens (including phenoxy) is 2. The van der Waals surface area contributed by atoms with Gasteiger partial charge in [0.1, 0.15) is 29.5 Å². The lowest BCUT2D eigenvalue weighted by atomic mass is 10.1. The van der Waals surface area contributed by atoms with Crippen molar-refractivity contribution in [1.29, 1.82) is 0 Å². The highest BCUT2D eigenvalue weighted by Crippen LogP contribution is 2.35. The largest absolute Gasteiger partial charge is 0.394 e. The smallest absolute Gasteiger partial charge is 0.160 e. The first-order chi connectivity index (χ1) is 10.4. The zero-order chi connectivity index (χ0) is 15.9. The number of aromatic nitrogens is 3. The maximum absolute atomic E-state index is 9.81. The molecule has 0 amide bonds. The first-order valence-corrected chi connectivity index (χ1v) is 7.40. The predicted molar refractivity (Wildman–Crippen MR) is 79.3 cm³/mol. The molecule has 0 aromatic carbocycles. The number of nitrogens with zero attached hydrogens (tertiary/aromatic N) is 3. The van der Waals surface area contributed by atoms with Crippen LogP contribution in [0.3, 0.4) is 0 Å². The van der Waals surface area contributed by atoms with Crippen molar-refractivity contribution in [2.45, 2.75) is 44.5 Å². The van der Waals surface area contributed by atoms with Crippen molar-refractivity contribution in [1.82, 2.24) is 14.5 Å². The summed E-state index contributed by atoms with van der Waals surface area (Å²) < 4.78 is 13.2. The summed E-state index contributed by atoms with van der Waals surface area (Å²) in [6.07, 6.45) is 2.42. The van der Waals surface area contributed by atoms with Crippen LogP contribution in [0.15, 0.2) is 18.6 Å². The van der Waals surface area contributed by atoms with E-state index in [1.165, 1.54) is 6.33 Å². The van der Waals surface area contributed by atoms with Crippen LogP contribution in [0.1, 0.15) is 26.5 Å². The summed E-state index contributed by atoms with van der Waals surface area (Å²) in [5.74, 6) is -1.29. The monoisotopic (exact) mass is 327 g/mol. The van der Waals surface area contributed by atoms with Crippen molar-refractivity contribution in [2.75, 3.05) is 6.61 Å². The van der Waals surface area contributed by atoms with Gasteiger partial charge in [0.15, 0.2) is 5.79 Å². The minimum Gasteiger partial charge on any atom is -0.394 e. The van der Waals surface area contributed by atoms with Gasteiger partial charge in [-0.2, -0.15) is 0 Å². The molecule has 22 heavy (non-hydrogen) atoms. The Balaban J connectivity index is 1.87. The first-order valence-electron chi connectivity index (χ1n) is 7.02. The van der Waals surface area contributed by atoms with E-state index < -0.39 is 18.0 Å². The quantitative estimate of drug-likeness (QED) is 0.653. The van der Waals surface area contributed by atoms with E-state index in [1.54, 1.807) is 13.8 Å². The van der Waals surface area contributed by atoms with E-state index in [0.717, 1.165) is 5.39 Å². The molecule has 2 N–H and O–H groups in total. The summed E-state index contributed by atoms with van der Waals surface area (Å²) in [4.78, 5) is 8.18. The van der Waals surface area contributed by atoms with E-state index in [1.807, 2.05) is 16.8 Å². The van der Waals surface area contributed by atoms with Crippen LogP contribution in [0.2, 0.25) is 5.15 Å². The molecule has 0 spiro atoms. The predicted octanol–water partition coefficient (Wildman–Crippen LogP) is 1.48. The number of halogens is 1. The van der Waals surface area contributed by atoms with Crippen LogP contribution in [0, 0.1) is 0 Å². The summed E-state index contributed by atoms with van der Waals surface area (Å²) in [7, 11) is 0. The number of hydrogen-bond donors (Lipinski definition) is 2. The third kappa shape index (κ3) is 2.95. The Labute approximate surface area is 132 Å². The number of aliphatic hydroxyl groups excluding tert-OH is 1. The Kier molecular flexibility index (Phi) is 4.09. The van der Waals surface area contributed by atoms with Crippen molar-refractivity contribution in [2.24, 2.45) is 0 Å². The van der Waals surface area contributed by atoms with Crippen LogP contribution in [-0.4, -0.2) is 49.4 Å². The van der Waals surface area contributed by atoms with Crippen molar-refractivity contribution < 1.29 is 19.7 Å². The average molecular weight is 328 g/mol. The van der Waals surface area contributed by atoms with Crippen LogP contribution < -0.4 is 0 Å². The Bertz CT molecular complexity index is 670. The summed E-state index contributed by atoms with van der Waals surface area (Å²) in [5.41, 5.74) is 0.658. The second-order valence-corrected chi connectivity index (χ2v) is 6.13. The maximum atomic E-state index is 9.81. The molecule has 0 aliphatic carbocycles. The lowest BCUT2D eigenvalue weighted by Crippen LogP contribution is -2.36. The molecule has 0 radical (unpaired) electrons. The molecule has 7 nitrogen and oxygen atoms in total. The highest BCUT2D eigenvalue weighted by Gasteiger charge is 2.39. The summed E-state index contributed by atoms with van der Waals surface area (Å²) in [6.45, 7) is 2.91. The SMILES string of the molecule is CC(C)(O)O[C@H]1C[C@H](n2ccc3c(Cl)ncnc32)O[C@@H]1CO. The van der Waals surface area contributed by atoms with Gasteiger partial charge in [-0.15, -0.1) is 0 Å². The van der Waals surface area contributed by atoms with Crippen LogP contribution in [0.25, 0.3) is 11.0 Å². The zero-order valence-electron chi connectivity index (χ0n) is 12.3. The zero-order valence-corrected chi connectivity index (χ0v) is 13.1. The maximum Gasteiger partial charge on any atom is 0.160 e. The summed E-state index contributed by atoms with van der Waals surface area (Å²) in [6, 6.07) is 1.82. The Hall–Kier alpha value is -1.25. The third-order valence-electron chi connectivity index (χ3n) is 3.57. The highest BCUT2D eigenvalue weighted by molar-refractivity contribution is 6.33. The fraction of sp³-hybridized carbons (Fsp3) is 0.571. The molecule has 1 aliphatic rings. The van der Waals surface area contributed by atoms with Gasteiger partial charge in [0.2, 0.25) is 0 Å². The summed E-state index contributed by atoms with van der Waals surface area (Å²) in [5, 5.41) is 20.4. The molecule has 3 atom stereocenters. The van der Waals surface area contributed by atoms with E-state index in [0.29, 0.717) is 17.2 Å². The van der Waals surface area contributed by atoms with Crippen molar-refractivity contribution in [3.8, 4) is 0 Å². The van der Waals surface area contributed by atoms with E-state index in [4.69, 9.17) is 21.1 Å². The van der Waals surface area contributed by atoms with Gasteiger partial charge >= 0.3 is 0 Å². The molecule has 0 saturated carbocycles. The van der Waals surface area contributed by atoms with Gasteiger partial charge in [-0.1, -0.05) is 11.6 Å². The fourth-order valence-corrected chi connectivity index (χ4v) is 2.89. The second-order valence-electron chi connectivity index (χ2n) is 5.78. The topological polar surface area (TPSA) is 89.6 Å². The lowest BCUT2D eigenvalue weighted by Gasteiger charge is -2.25. The third-order valence-corrected chi connectivity index (χ3v) is 3.87. The molecule has 8 heteroatoms. The van der Waals surface area contributed by atoms with Crippen LogP contribution in [0.5, 0.6) is 0 Å². The van der Waals surface area contributed by atoms with E-state index in [2.05, 4.69) is 9.97 Å². The number of aliphatic hydroxyl groups is 2. The number of rotatable bonds is 4. The van der Waals surface area contributed by atoms with Crippen LogP contribution in [-0.2, 0) is 9.47 Å². The molecule has 2 aromatic rings. The molecule has 0 bridgehead atoms. The molecule has 3 heterocycles. The molecule has 3 rings (SSSR count). The van der Waals surface area contributed by atoms with E-state index in [9.17, 15) is 10.2 Å². The highest BCUT2D eigenvalue weighted by atomic mass is 35.5. The van der Waals surface area contributed by atoms with Crippen LogP contribution in [0.4, 0.5) is 0 Å². The normalized spacial score (nSPS) is 26.0. The Morgan fingerprint density at radius 3 is 2.95 bits per heavy atom. The standard InChI is InChI=1S/C14H18ClN3O4/c1-14(2,20)22-9-5-11(21-10(9)6-19)18-4-3-8-12(15)16-7-17-13(8)18/h3-4,7,9-11,19-20H,5-6H2,1-2H3/t9-,10+,11+/m0/s1. The number of hydrogen-bond acceptors (Lipinski definition) is 6. The van der Waals surface area contributed by atoms with Gasteiger partial charge in [0.25, 0.3) is 0 Å². The Morgan fingerprint density at radius 2 is 2.27 bits per heavy atom. The van der Waals surface area contributed by atoms with Crippen molar-refractivity contribution in [3.63, 3.8) is 0 Å². The van der Waals surface area contributed by atoms with Gasteiger partial charge in [0.05, 0.1) is 18.1 Å². The minimum atomic E-state index is -1.29. The van der Waals surface area contributed by atoms with Crippen LogP contribution >= 0.6 is 11.6 Å². The van der Waals surface area contributed by atoms with Gasteiger partial charge in [-0.05, 0) is 19.9 Å². The molecule has 1 fully saturated rings. The number of fused-ring (bicyclic) bond motifs is 1. The van der Waals surface area contributed by atoms with Gasteiger partial charge in [0, 0.05) is 12.6 Å². The molecule has 0 unspecified atom stereocenters. The first kappa shape index (κ1) is 15.6. The molecular weight excluding hydrogens is 310 g/mol. The average Bonchev–Trinajstić information content (AvgIpc) is 3.01. The van der Waals surface area contributed by atoms with Crippen molar-refractivity contribution >= 4 is 22.6 Å².